The minimum Gasteiger partial charge on any atom is -0.492 e. The third kappa shape index (κ3) is 4.03. The van der Waals surface area contributed by atoms with E-state index in [9.17, 15) is 9.59 Å². The van der Waals surface area contributed by atoms with Crippen LogP contribution in [-0.2, 0) is 4.79 Å². The summed E-state index contributed by atoms with van der Waals surface area (Å²) in [5.41, 5.74) is 6.42. The molecule has 1 aliphatic heterocycles. The molecule has 0 saturated heterocycles. The van der Waals surface area contributed by atoms with Crippen LogP contribution in [0.1, 0.15) is 28.4 Å². The highest BCUT2D eigenvalue weighted by Crippen LogP contribution is 2.37. The van der Waals surface area contributed by atoms with Crippen molar-refractivity contribution in [1.82, 2.24) is 5.32 Å². The molecule has 25 heavy (non-hydrogen) atoms. The van der Waals surface area contributed by atoms with E-state index in [2.05, 4.69) is 5.32 Å². The summed E-state index contributed by atoms with van der Waals surface area (Å²) >= 11 is 6.12. The van der Waals surface area contributed by atoms with Gasteiger partial charge in [-0.1, -0.05) is 23.7 Å². The number of hydrogen-bond acceptors (Lipinski definition) is 4. The number of para-hydroxylation sites is 1. The molecule has 0 unspecified atom stereocenters. The van der Waals surface area contributed by atoms with E-state index in [4.69, 9.17) is 26.8 Å². The fraction of sp³-hybridized carbons (Fsp3) is 0.222. The number of ether oxygens (including phenoxy) is 2. The van der Waals surface area contributed by atoms with Gasteiger partial charge in [0.2, 0.25) is 5.91 Å². The van der Waals surface area contributed by atoms with Crippen molar-refractivity contribution in [2.24, 2.45) is 5.73 Å². The van der Waals surface area contributed by atoms with Crippen LogP contribution in [0.3, 0.4) is 0 Å². The second-order valence-electron chi connectivity index (χ2n) is 5.59. The van der Waals surface area contributed by atoms with Crippen LogP contribution in [0.4, 0.5) is 0 Å². The standard InChI is InChI=1S/C18H17ClN2O4/c19-14-3-1-2-13-15(8-9-24-17(13)14)21-16(22)10-25-12-6-4-11(5-7-12)18(20)23/h1-7,15H,8-10H2,(H2,20,23)(H,21,22)/t15-/m1/s1. The zero-order chi connectivity index (χ0) is 17.8. The number of carbonyl (C=O) groups excluding carboxylic acids is 2. The average Bonchev–Trinajstić information content (AvgIpc) is 2.61. The third-order valence-electron chi connectivity index (χ3n) is 3.87. The zero-order valence-corrected chi connectivity index (χ0v) is 14.1. The molecule has 0 aromatic heterocycles. The Balaban J connectivity index is 1.59. The zero-order valence-electron chi connectivity index (χ0n) is 13.3. The first-order valence-corrected chi connectivity index (χ1v) is 8.15. The summed E-state index contributed by atoms with van der Waals surface area (Å²) in [7, 11) is 0. The van der Waals surface area contributed by atoms with Crippen molar-refractivity contribution in [3.63, 3.8) is 0 Å². The lowest BCUT2D eigenvalue weighted by Gasteiger charge is -2.27. The van der Waals surface area contributed by atoms with Crippen LogP contribution in [0.5, 0.6) is 11.5 Å². The van der Waals surface area contributed by atoms with Crippen molar-refractivity contribution in [2.45, 2.75) is 12.5 Å². The van der Waals surface area contributed by atoms with E-state index in [-0.39, 0.29) is 18.6 Å². The molecule has 1 aliphatic rings. The molecule has 1 atom stereocenters. The van der Waals surface area contributed by atoms with Gasteiger partial charge in [0.1, 0.15) is 11.5 Å². The van der Waals surface area contributed by atoms with Gasteiger partial charge in [0.15, 0.2) is 6.61 Å². The van der Waals surface area contributed by atoms with Gasteiger partial charge in [0, 0.05) is 17.5 Å². The lowest BCUT2D eigenvalue weighted by atomic mass is 10.0. The largest absolute Gasteiger partial charge is 0.492 e. The molecule has 3 rings (SSSR count). The summed E-state index contributed by atoms with van der Waals surface area (Å²) in [5, 5.41) is 3.46. The number of amides is 2. The smallest absolute Gasteiger partial charge is 0.258 e. The molecule has 3 N–H and O–H groups in total. The van der Waals surface area contributed by atoms with Crippen molar-refractivity contribution in [2.75, 3.05) is 13.2 Å². The number of rotatable bonds is 5. The topological polar surface area (TPSA) is 90.7 Å². The lowest BCUT2D eigenvalue weighted by Crippen LogP contribution is -2.35. The molecule has 0 fully saturated rings. The summed E-state index contributed by atoms with van der Waals surface area (Å²) in [4.78, 5) is 23.2. The SMILES string of the molecule is NC(=O)c1ccc(OCC(=O)N[C@@H]2CCOc3c(Cl)cccc32)cc1. The van der Waals surface area contributed by atoms with Gasteiger partial charge in [-0.15, -0.1) is 0 Å². The highest BCUT2D eigenvalue weighted by Gasteiger charge is 2.24. The second kappa shape index (κ2) is 7.44. The number of carbonyl (C=O) groups is 2. The first kappa shape index (κ1) is 17.1. The molecule has 0 spiro atoms. The molecule has 2 aromatic rings. The van der Waals surface area contributed by atoms with Crippen LogP contribution in [0.15, 0.2) is 42.5 Å². The summed E-state index contributed by atoms with van der Waals surface area (Å²) < 4.78 is 11.0. The van der Waals surface area contributed by atoms with Gasteiger partial charge >= 0.3 is 0 Å². The second-order valence-corrected chi connectivity index (χ2v) is 6.00. The molecule has 0 radical (unpaired) electrons. The molecule has 7 heteroatoms. The minimum atomic E-state index is -0.513. The first-order chi connectivity index (χ1) is 12.0. The van der Waals surface area contributed by atoms with Crippen LogP contribution in [0.25, 0.3) is 0 Å². The van der Waals surface area contributed by atoms with E-state index in [1.165, 1.54) is 0 Å². The Bertz CT molecular complexity index is 792. The molecule has 0 aliphatic carbocycles. The lowest BCUT2D eigenvalue weighted by molar-refractivity contribution is -0.124. The van der Waals surface area contributed by atoms with Gasteiger partial charge in [-0.25, -0.2) is 0 Å². The summed E-state index contributed by atoms with van der Waals surface area (Å²) in [6.45, 7) is 0.348. The third-order valence-corrected chi connectivity index (χ3v) is 4.17. The highest BCUT2D eigenvalue weighted by atomic mass is 35.5. The predicted octanol–water partition coefficient (Wildman–Crippen LogP) is 2.46. The number of benzene rings is 2. The summed E-state index contributed by atoms with van der Waals surface area (Å²) in [5.74, 6) is 0.331. The number of hydrogen-bond donors (Lipinski definition) is 2. The average molecular weight is 361 g/mol. The molecule has 0 saturated carbocycles. The maximum atomic E-state index is 12.2. The van der Waals surface area contributed by atoms with Crippen LogP contribution < -0.4 is 20.5 Å². The van der Waals surface area contributed by atoms with Gasteiger partial charge in [0.25, 0.3) is 5.91 Å². The molecule has 130 valence electrons. The van der Waals surface area contributed by atoms with Crippen LogP contribution in [-0.4, -0.2) is 25.0 Å². The van der Waals surface area contributed by atoms with E-state index >= 15 is 0 Å². The van der Waals surface area contributed by atoms with Crippen molar-refractivity contribution < 1.29 is 19.1 Å². The van der Waals surface area contributed by atoms with E-state index < -0.39 is 5.91 Å². The highest BCUT2D eigenvalue weighted by molar-refractivity contribution is 6.32. The Morgan fingerprint density at radius 3 is 2.72 bits per heavy atom. The van der Waals surface area contributed by atoms with Crippen LogP contribution >= 0.6 is 11.6 Å². The van der Waals surface area contributed by atoms with E-state index in [0.29, 0.717) is 35.1 Å². The van der Waals surface area contributed by atoms with Gasteiger partial charge in [-0.2, -0.15) is 0 Å². The monoisotopic (exact) mass is 360 g/mol. The Morgan fingerprint density at radius 1 is 1.24 bits per heavy atom. The Hall–Kier alpha value is -2.73. The van der Waals surface area contributed by atoms with Crippen molar-refractivity contribution in [1.29, 1.82) is 0 Å². The number of nitrogens with two attached hydrogens (primary N) is 1. The maximum Gasteiger partial charge on any atom is 0.258 e. The molecule has 2 aromatic carbocycles. The number of nitrogens with one attached hydrogen (secondary N) is 1. The number of primary amides is 1. The van der Waals surface area contributed by atoms with Gasteiger partial charge < -0.3 is 20.5 Å². The minimum absolute atomic E-state index is 0.136. The number of halogens is 1. The van der Waals surface area contributed by atoms with Crippen molar-refractivity contribution in [3.8, 4) is 11.5 Å². The quantitative estimate of drug-likeness (QED) is 0.856. The van der Waals surface area contributed by atoms with E-state index in [1.54, 1.807) is 30.3 Å². The van der Waals surface area contributed by atoms with E-state index in [0.717, 1.165) is 5.56 Å². The predicted molar refractivity (Wildman–Crippen MR) is 92.9 cm³/mol. The van der Waals surface area contributed by atoms with Gasteiger partial charge in [0.05, 0.1) is 17.7 Å². The molecular weight excluding hydrogens is 344 g/mol. The fourth-order valence-electron chi connectivity index (χ4n) is 2.64. The molecule has 0 bridgehead atoms. The van der Waals surface area contributed by atoms with E-state index in [1.807, 2.05) is 12.1 Å². The summed E-state index contributed by atoms with van der Waals surface area (Å²) in [6.07, 6.45) is 0.659. The fourth-order valence-corrected chi connectivity index (χ4v) is 2.87. The molecule has 2 amide bonds. The molecule has 1 heterocycles. The summed E-state index contributed by atoms with van der Waals surface area (Å²) in [6, 6.07) is 11.6. The van der Waals surface area contributed by atoms with Gasteiger partial charge in [-0.05, 0) is 30.3 Å². The Labute approximate surface area is 149 Å². The van der Waals surface area contributed by atoms with Crippen LogP contribution in [0, 0.1) is 0 Å². The molecule has 6 nitrogen and oxygen atoms in total. The normalized spacial score (nSPS) is 15.6. The van der Waals surface area contributed by atoms with Gasteiger partial charge in [-0.3, -0.25) is 9.59 Å². The maximum absolute atomic E-state index is 12.2. The van der Waals surface area contributed by atoms with Crippen molar-refractivity contribution in [3.05, 3.63) is 58.6 Å². The van der Waals surface area contributed by atoms with Crippen molar-refractivity contribution >= 4 is 23.4 Å². The first-order valence-electron chi connectivity index (χ1n) is 7.78. The Kier molecular flexibility index (Phi) is 5.09. The Morgan fingerprint density at radius 2 is 2.00 bits per heavy atom. The number of fused-ring (bicyclic) bond motifs is 1. The molecular formula is C18H17ClN2O4. The van der Waals surface area contributed by atoms with Crippen LogP contribution in [0.2, 0.25) is 5.02 Å².